The van der Waals surface area contributed by atoms with E-state index in [1.807, 2.05) is 0 Å². The van der Waals surface area contributed by atoms with Gasteiger partial charge >= 0.3 is 0 Å². The summed E-state index contributed by atoms with van der Waals surface area (Å²) in [6.45, 7) is 7.07. The lowest BCUT2D eigenvalue weighted by atomic mass is 9.86. The van der Waals surface area contributed by atoms with Gasteiger partial charge in [0.15, 0.2) is 0 Å². The maximum absolute atomic E-state index is 12.8. The molecule has 1 aliphatic heterocycles. The van der Waals surface area contributed by atoms with E-state index in [2.05, 4.69) is 56.1 Å². The zero-order valence-electron chi connectivity index (χ0n) is 16.1. The molecule has 0 amide bonds. The van der Waals surface area contributed by atoms with E-state index >= 15 is 0 Å². The first kappa shape index (κ1) is 18.1. The quantitative estimate of drug-likeness (QED) is 0.486. The van der Waals surface area contributed by atoms with Crippen molar-refractivity contribution < 1.29 is 4.92 Å². The van der Waals surface area contributed by atoms with Crippen molar-refractivity contribution in [2.75, 3.05) is 0 Å². The number of hydrogen-bond acceptors (Lipinski definition) is 4. The van der Waals surface area contributed by atoms with Gasteiger partial charge in [-0.25, -0.2) is 4.98 Å². The Balaban J connectivity index is 1.78. The van der Waals surface area contributed by atoms with Gasteiger partial charge in [-0.15, -0.1) is 0 Å². The van der Waals surface area contributed by atoms with Crippen LogP contribution in [0.4, 0.5) is 5.69 Å². The summed E-state index contributed by atoms with van der Waals surface area (Å²) >= 11 is 0. The second-order valence-corrected chi connectivity index (χ2v) is 8.14. The van der Waals surface area contributed by atoms with E-state index < -0.39 is 4.92 Å². The predicted molar refractivity (Wildman–Crippen MR) is 110 cm³/mol. The highest BCUT2D eigenvalue weighted by Crippen LogP contribution is 2.29. The van der Waals surface area contributed by atoms with E-state index in [9.17, 15) is 14.9 Å². The van der Waals surface area contributed by atoms with Crippen molar-refractivity contribution >= 4 is 28.2 Å². The number of fused-ring (bicyclic) bond motifs is 2. The number of benzene rings is 2. The molecule has 6 nitrogen and oxygen atoms in total. The van der Waals surface area contributed by atoms with Crippen LogP contribution in [0.15, 0.2) is 47.3 Å². The van der Waals surface area contributed by atoms with Gasteiger partial charge in [-0.2, -0.15) is 0 Å². The fourth-order valence-electron chi connectivity index (χ4n) is 3.54. The number of aromatic nitrogens is 2. The third kappa shape index (κ3) is 3.11. The molecular formula is C22H21N3O3. The van der Waals surface area contributed by atoms with E-state index in [4.69, 9.17) is 0 Å². The smallest absolute Gasteiger partial charge is 0.270 e. The van der Waals surface area contributed by atoms with Crippen molar-refractivity contribution in [3.05, 3.63) is 79.9 Å². The molecule has 1 aliphatic rings. The van der Waals surface area contributed by atoms with Crippen LogP contribution in [-0.4, -0.2) is 14.5 Å². The molecule has 4 rings (SSSR count). The minimum Gasteiger partial charge on any atom is -0.292 e. The van der Waals surface area contributed by atoms with E-state index in [-0.39, 0.29) is 22.0 Å². The Kier molecular flexibility index (Phi) is 4.14. The van der Waals surface area contributed by atoms with Crippen LogP contribution >= 0.6 is 0 Å². The zero-order chi connectivity index (χ0) is 20.1. The number of nitro groups is 1. The van der Waals surface area contributed by atoms with Gasteiger partial charge in [0.05, 0.1) is 15.8 Å². The fraction of sp³-hybridized carbons (Fsp3) is 0.273. The number of hydrogen-bond donors (Lipinski definition) is 0. The molecule has 28 heavy (non-hydrogen) atoms. The minimum absolute atomic E-state index is 0.0975. The monoisotopic (exact) mass is 375 g/mol. The van der Waals surface area contributed by atoms with Gasteiger partial charge in [-0.3, -0.25) is 19.5 Å². The van der Waals surface area contributed by atoms with Crippen LogP contribution in [0.3, 0.4) is 0 Å². The highest BCUT2D eigenvalue weighted by Gasteiger charge is 2.22. The van der Waals surface area contributed by atoms with Gasteiger partial charge in [-0.05, 0) is 40.7 Å². The first-order valence-electron chi connectivity index (χ1n) is 9.24. The molecule has 0 saturated heterocycles. The number of rotatable bonds is 2. The molecule has 0 bridgehead atoms. The first-order valence-corrected chi connectivity index (χ1v) is 9.24. The molecule has 1 aromatic heterocycles. The molecule has 0 atom stereocenters. The molecule has 0 aliphatic carbocycles. The average Bonchev–Trinajstić information content (AvgIpc) is 3.04. The number of allylic oxidation sites excluding steroid dienone is 1. The Bertz CT molecular complexity index is 1180. The standard InChI is InChI=1S/C22H21N3O3/c1-22(2,3)16-6-4-14(5-7-16)12-15-10-11-24-20(15)23-19-9-8-17(25(27)28)13-18(19)21(24)26/h4-9,12-13H,10-11H2,1-3H3/b15-12+. The van der Waals surface area contributed by atoms with Gasteiger partial charge in [0.25, 0.3) is 11.2 Å². The fourth-order valence-corrected chi connectivity index (χ4v) is 3.54. The van der Waals surface area contributed by atoms with Crippen molar-refractivity contribution in [1.29, 1.82) is 0 Å². The maximum atomic E-state index is 12.8. The molecule has 6 heteroatoms. The summed E-state index contributed by atoms with van der Waals surface area (Å²) in [6, 6.07) is 12.7. The summed E-state index contributed by atoms with van der Waals surface area (Å²) in [5, 5.41) is 11.3. The van der Waals surface area contributed by atoms with Crippen LogP contribution < -0.4 is 5.56 Å². The second-order valence-electron chi connectivity index (χ2n) is 8.14. The molecular weight excluding hydrogens is 354 g/mol. The number of nitro benzene ring substituents is 1. The van der Waals surface area contributed by atoms with E-state index in [1.54, 1.807) is 10.6 Å². The van der Waals surface area contributed by atoms with Crippen LogP contribution in [0.25, 0.3) is 22.6 Å². The largest absolute Gasteiger partial charge is 0.292 e. The Morgan fingerprint density at radius 3 is 2.50 bits per heavy atom. The van der Waals surface area contributed by atoms with Crippen molar-refractivity contribution in [3.63, 3.8) is 0 Å². The normalized spacial score (nSPS) is 15.2. The van der Waals surface area contributed by atoms with Gasteiger partial charge in [0.1, 0.15) is 5.82 Å². The molecule has 2 heterocycles. The molecule has 0 radical (unpaired) electrons. The Morgan fingerprint density at radius 2 is 1.86 bits per heavy atom. The second kappa shape index (κ2) is 6.41. The van der Waals surface area contributed by atoms with Gasteiger partial charge in [-0.1, -0.05) is 45.0 Å². The molecule has 0 N–H and O–H groups in total. The van der Waals surface area contributed by atoms with Crippen molar-refractivity contribution in [2.24, 2.45) is 0 Å². The summed E-state index contributed by atoms with van der Waals surface area (Å²) in [7, 11) is 0. The molecule has 0 spiro atoms. The van der Waals surface area contributed by atoms with Crippen LogP contribution in [0.5, 0.6) is 0 Å². The SMILES string of the molecule is CC(C)(C)c1ccc(/C=C2\CCn3c2nc2ccc([N+](=O)[O-])cc2c3=O)cc1. The molecule has 2 aromatic carbocycles. The Labute approximate surface area is 162 Å². The summed E-state index contributed by atoms with van der Waals surface area (Å²) in [5.41, 5.74) is 3.59. The average molecular weight is 375 g/mol. The van der Waals surface area contributed by atoms with E-state index in [0.29, 0.717) is 24.3 Å². The van der Waals surface area contributed by atoms with Gasteiger partial charge in [0, 0.05) is 18.7 Å². The number of nitrogens with zero attached hydrogens (tertiary/aromatic N) is 3. The van der Waals surface area contributed by atoms with Crippen LogP contribution in [0, 0.1) is 10.1 Å². The summed E-state index contributed by atoms with van der Waals surface area (Å²) in [5.74, 6) is 0.645. The van der Waals surface area contributed by atoms with Crippen molar-refractivity contribution in [1.82, 2.24) is 9.55 Å². The molecule has 0 fully saturated rings. The van der Waals surface area contributed by atoms with Crippen molar-refractivity contribution in [2.45, 2.75) is 39.2 Å². The Morgan fingerprint density at radius 1 is 1.14 bits per heavy atom. The summed E-state index contributed by atoms with van der Waals surface area (Å²) in [4.78, 5) is 27.9. The summed E-state index contributed by atoms with van der Waals surface area (Å²) < 4.78 is 1.61. The lowest BCUT2D eigenvalue weighted by Crippen LogP contribution is -2.20. The minimum atomic E-state index is -0.497. The Hall–Kier alpha value is -3.28. The van der Waals surface area contributed by atoms with E-state index in [1.165, 1.54) is 17.7 Å². The van der Waals surface area contributed by atoms with Crippen LogP contribution in [0.1, 0.15) is 44.1 Å². The predicted octanol–water partition coefficient (Wildman–Crippen LogP) is 4.55. The molecule has 3 aromatic rings. The summed E-state index contributed by atoms with van der Waals surface area (Å²) in [6.07, 6.45) is 2.77. The van der Waals surface area contributed by atoms with Gasteiger partial charge < -0.3 is 0 Å². The van der Waals surface area contributed by atoms with Crippen LogP contribution in [-0.2, 0) is 12.0 Å². The van der Waals surface area contributed by atoms with E-state index in [0.717, 1.165) is 11.1 Å². The number of non-ortho nitro benzene ring substituents is 1. The van der Waals surface area contributed by atoms with Crippen LogP contribution in [0.2, 0.25) is 0 Å². The maximum Gasteiger partial charge on any atom is 0.270 e. The topological polar surface area (TPSA) is 78.0 Å². The third-order valence-corrected chi connectivity index (χ3v) is 5.16. The van der Waals surface area contributed by atoms with Crippen molar-refractivity contribution in [3.8, 4) is 0 Å². The first-order chi connectivity index (χ1) is 13.2. The molecule has 142 valence electrons. The third-order valence-electron chi connectivity index (χ3n) is 5.16. The lowest BCUT2D eigenvalue weighted by molar-refractivity contribution is -0.384. The highest BCUT2D eigenvalue weighted by molar-refractivity contribution is 5.85. The highest BCUT2D eigenvalue weighted by atomic mass is 16.6. The molecule has 0 unspecified atom stereocenters. The lowest BCUT2D eigenvalue weighted by Gasteiger charge is -2.18. The molecule has 0 saturated carbocycles. The van der Waals surface area contributed by atoms with Gasteiger partial charge in [0.2, 0.25) is 0 Å². The zero-order valence-corrected chi connectivity index (χ0v) is 16.1.